The zero-order valence-corrected chi connectivity index (χ0v) is 19.8. The lowest BCUT2D eigenvalue weighted by molar-refractivity contribution is -0.127. The molecule has 34 heavy (non-hydrogen) atoms. The number of nitriles is 1. The molecule has 0 aliphatic carbocycles. The molecule has 1 unspecified atom stereocenters. The SMILES string of the molecule is COc1cc(CC2SC(=O)N(Cc3ccc(C)cc3)C2=O)ccc1OCc1ccccc1C#N. The van der Waals surface area contributed by atoms with Gasteiger partial charge in [0.2, 0.25) is 5.91 Å². The zero-order chi connectivity index (χ0) is 24.1. The van der Waals surface area contributed by atoms with E-state index in [4.69, 9.17) is 9.47 Å². The maximum Gasteiger partial charge on any atom is 0.289 e. The van der Waals surface area contributed by atoms with Crippen LogP contribution in [0.2, 0.25) is 0 Å². The monoisotopic (exact) mass is 472 g/mol. The van der Waals surface area contributed by atoms with Crippen LogP contribution in [0, 0.1) is 18.3 Å². The molecule has 1 atom stereocenters. The van der Waals surface area contributed by atoms with Crippen LogP contribution in [0.5, 0.6) is 11.5 Å². The summed E-state index contributed by atoms with van der Waals surface area (Å²) in [5.41, 5.74) is 4.28. The number of aryl methyl sites for hydroxylation is 1. The molecule has 7 heteroatoms. The number of ether oxygens (including phenoxy) is 2. The van der Waals surface area contributed by atoms with E-state index in [1.165, 1.54) is 4.90 Å². The number of nitrogens with zero attached hydrogens (tertiary/aromatic N) is 2. The van der Waals surface area contributed by atoms with Crippen molar-refractivity contribution >= 4 is 22.9 Å². The van der Waals surface area contributed by atoms with Gasteiger partial charge in [0.1, 0.15) is 6.61 Å². The number of carbonyl (C=O) groups is 2. The van der Waals surface area contributed by atoms with Crippen molar-refractivity contribution in [2.24, 2.45) is 0 Å². The van der Waals surface area contributed by atoms with Crippen LogP contribution in [-0.2, 0) is 24.4 Å². The molecule has 0 aromatic heterocycles. The van der Waals surface area contributed by atoms with Gasteiger partial charge in [0.25, 0.3) is 5.24 Å². The number of rotatable bonds is 8. The van der Waals surface area contributed by atoms with E-state index >= 15 is 0 Å². The van der Waals surface area contributed by atoms with Crippen LogP contribution in [0.3, 0.4) is 0 Å². The molecule has 4 rings (SSSR count). The van der Waals surface area contributed by atoms with E-state index in [1.54, 1.807) is 19.2 Å². The second kappa shape index (κ2) is 10.4. The third kappa shape index (κ3) is 5.24. The Hall–Kier alpha value is -3.76. The van der Waals surface area contributed by atoms with Gasteiger partial charge >= 0.3 is 0 Å². The van der Waals surface area contributed by atoms with E-state index < -0.39 is 5.25 Å². The minimum atomic E-state index is -0.475. The molecule has 3 aromatic rings. The van der Waals surface area contributed by atoms with Crippen LogP contribution in [0.15, 0.2) is 66.7 Å². The van der Waals surface area contributed by atoms with Crippen molar-refractivity contribution in [1.82, 2.24) is 4.90 Å². The zero-order valence-electron chi connectivity index (χ0n) is 19.0. The van der Waals surface area contributed by atoms with Gasteiger partial charge in [0.15, 0.2) is 11.5 Å². The van der Waals surface area contributed by atoms with Crippen molar-refractivity contribution in [3.63, 3.8) is 0 Å². The quantitative estimate of drug-likeness (QED) is 0.445. The second-order valence-electron chi connectivity index (χ2n) is 8.03. The Morgan fingerprint density at radius 2 is 1.74 bits per heavy atom. The van der Waals surface area contributed by atoms with Gasteiger partial charge in [-0.15, -0.1) is 0 Å². The number of thioether (sulfide) groups is 1. The van der Waals surface area contributed by atoms with Crippen molar-refractivity contribution in [2.45, 2.75) is 31.7 Å². The molecule has 1 aliphatic rings. The molecule has 6 nitrogen and oxygen atoms in total. The number of amides is 2. The maximum atomic E-state index is 12.9. The first-order chi connectivity index (χ1) is 16.5. The van der Waals surface area contributed by atoms with Gasteiger partial charge in [-0.3, -0.25) is 14.5 Å². The second-order valence-corrected chi connectivity index (χ2v) is 9.18. The molecule has 1 aliphatic heterocycles. The Balaban J connectivity index is 1.42. The normalized spacial score (nSPS) is 15.3. The Labute approximate surface area is 203 Å². The highest BCUT2D eigenvalue weighted by Gasteiger charge is 2.39. The minimum Gasteiger partial charge on any atom is -0.493 e. The van der Waals surface area contributed by atoms with Crippen LogP contribution >= 0.6 is 11.8 Å². The minimum absolute atomic E-state index is 0.178. The summed E-state index contributed by atoms with van der Waals surface area (Å²) in [6, 6.07) is 22.7. The van der Waals surface area contributed by atoms with Crippen LogP contribution < -0.4 is 9.47 Å². The molecule has 0 N–H and O–H groups in total. The summed E-state index contributed by atoms with van der Waals surface area (Å²) in [7, 11) is 1.55. The number of hydrogen-bond acceptors (Lipinski definition) is 6. The molecule has 0 saturated carbocycles. The molecule has 1 fully saturated rings. The average Bonchev–Trinajstić information content (AvgIpc) is 3.11. The van der Waals surface area contributed by atoms with Gasteiger partial charge in [-0.25, -0.2) is 0 Å². The lowest BCUT2D eigenvalue weighted by atomic mass is 10.1. The Morgan fingerprint density at radius 1 is 1.00 bits per heavy atom. The fraction of sp³-hybridized carbons (Fsp3) is 0.222. The highest BCUT2D eigenvalue weighted by atomic mass is 32.2. The first kappa shape index (κ1) is 23.4. The van der Waals surface area contributed by atoms with Gasteiger partial charge in [-0.1, -0.05) is 65.9 Å². The Bertz CT molecular complexity index is 1250. The van der Waals surface area contributed by atoms with Crippen molar-refractivity contribution in [3.8, 4) is 17.6 Å². The highest BCUT2D eigenvalue weighted by Crippen LogP contribution is 2.34. The molecule has 1 saturated heterocycles. The third-order valence-corrected chi connectivity index (χ3v) is 6.71. The molecule has 2 amide bonds. The van der Waals surface area contributed by atoms with Crippen molar-refractivity contribution in [1.29, 1.82) is 5.26 Å². The summed E-state index contributed by atoms with van der Waals surface area (Å²) < 4.78 is 11.4. The highest BCUT2D eigenvalue weighted by molar-refractivity contribution is 8.15. The molecule has 0 bridgehead atoms. The molecule has 3 aromatic carbocycles. The van der Waals surface area contributed by atoms with E-state index in [2.05, 4.69) is 6.07 Å². The van der Waals surface area contributed by atoms with Crippen LogP contribution in [0.4, 0.5) is 4.79 Å². The van der Waals surface area contributed by atoms with Crippen LogP contribution in [0.1, 0.15) is 27.8 Å². The Morgan fingerprint density at radius 3 is 2.47 bits per heavy atom. The smallest absolute Gasteiger partial charge is 0.289 e. The van der Waals surface area contributed by atoms with Crippen molar-refractivity contribution < 1.29 is 19.1 Å². The van der Waals surface area contributed by atoms with E-state index in [-0.39, 0.29) is 24.3 Å². The predicted molar refractivity (Wildman–Crippen MR) is 131 cm³/mol. The fourth-order valence-corrected chi connectivity index (χ4v) is 4.76. The van der Waals surface area contributed by atoms with Crippen molar-refractivity contribution in [2.75, 3.05) is 7.11 Å². The first-order valence-electron chi connectivity index (χ1n) is 10.8. The fourth-order valence-electron chi connectivity index (χ4n) is 3.73. The molecular formula is C27H24N2O4S. The standard InChI is InChI=1S/C27H24N2O4S/c1-18-7-9-19(10-8-18)16-29-26(30)25(34-27(29)31)14-20-11-12-23(24(13-20)32-2)33-17-22-6-4-3-5-21(22)15-28/h3-13,25H,14,16-17H2,1-2H3. The topological polar surface area (TPSA) is 79.6 Å². The molecule has 172 valence electrons. The third-order valence-electron chi connectivity index (χ3n) is 5.64. The first-order valence-corrected chi connectivity index (χ1v) is 11.7. The molecular weight excluding hydrogens is 448 g/mol. The van der Waals surface area contributed by atoms with Crippen LogP contribution in [0.25, 0.3) is 0 Å². The summed E-state index contributed by atoms with van der Waals surface area (Å²) in [6.45, 7) is 2.51. The largest absolute Gasteiger partial charge is 0.493 e. The van der Waals surface area contributed by atoms with Gasteiger partial charge in [-0.2, -0.15) is 5.26 Å². The summed E-state index contributed by atoms with van der Waals surface area (Å²) >= 11 is 1.06. The predicted octanol–water partition coefficient (Wildman–Crippen LogP) is 5.26. The van der Waals surface area contributed by atoms with E-state index in [0.29, 0.717) is 23.5 Å². The number of hydrogen-bond donors (Lipinski definition) is 0. The van der Waals surface area contributed by atoms with Gasteiger partial charge in [0, 0.05) is 5.56 Å². The Kier molecular flexibility index (Phi) is 7.19. The summed E-state index contributed by atoms with van der Waals surface area (Å²) in [4.78, 5) is 26.8. The summed E-state index contributed by atoms with van der Waals surface area (Å²) in [5.74, 6) is 0.898. The lowest BCUT2D eigenvalue weighted by Crippen LogP contribution is -2.31. The summed E-state index contributed by atoms with van der Waals surface area (Å²) in [6.07, 6.45) is 0.410. The van der Waals surface area contributed by atoms with Crippen molar-refractivity contribution in [3.05, 3.63) is 94.5 Å². The molecule has 1 heterocycles. The summed E-state index contributed by atoms with van der Waals surface area (Å²) in [5, 5.41) is 8.56. The lowest BCUT2D eigenvalue weighted by Gasteiger charge is -2.15. The number of imide groups is 1. The maximum absolute atomic E-state index is 12.9. The van der Waals surface area contributed by atoms with E-state index in [0.717, 1.165) is 34.0 Å². The average molecular weight is 473 g/mol. The molecule has 0 radical (unpaired) electrons. The van der Waals surface area contributed by atoms with Crippen LogP contribution in [-0.4, -0.2) is 28.4 Å². The number of methoxy groups -OCH3 is 1. The molecule has 0 spiro atoms. The van der Waals surface area contributed by atoms with Gasteiger partial charge in [-0.05, 0) is 42.7 Å². The van der Waals surface area contributed by atoms with E-state index in [1.807, 2.05) is 61.5 Å². The van der Waals surface area contributed by atoms with Gasteiger partial charge < -0.3 is 9.47 Å². The number of carbonyl (C=O) groups excluding carboxylic acids is 2. The van der Waals surface area contributed by atoms with Gasteiger partial charge in [0.05, 0.1) is 30.5 Å². The number of benzene rings is 3. The van der Waals surface area contributed by atoms with E-state index in [9.17, 15) is 14.9 Å².